The number of allylic oxidation sites excluding steroid dienone is 4. The lowest BCUT2D eigenvalue weighted by molar-refractivity contribution is 0.0844. The fraction of sp³-hybridized carbons (Fsp3) is 0.483. The van der Waals surface area contributed by atoms with Crippen molar-refractivity contribution < 1.29 is 28.7 Å². The molecule has 0 radical (unpaired) electrons. The Bertz CT molecular complexity index is 2260. The van der Waals surface area contributed by atoms with Gasteiger partial charge in [0.2, 0.25) is 0 Å². The lowest BCUT2D eigenvalue weighted by atomic mass is 10.0. The number of hydrogen-bond donors (Lipinski definition) is 2. The van der Waals surface area contributed by atoms with E-state index < -0.39 is 0 Å². The molecule has 2 N–H and O–H groups in total. The van der Waals surface area contributed by atoms with E-state index in [1.807, 2.05) is 142 Å². The molecule has 4 amide bonds. The van der Waals surface area contributed by atoms with E-state index in [2.05, 4.69) is 48.2 Å². The first kappa shape index (κ1) is 64.4. The Morgan fingerprint density at radius 3 is 1.57 bits per heavy atom. The molecular weight excluding hydrogens is 941 g/mol. The molecule has 4 aliphatic rings. The highest BCUT2D eigenvalue weighted by Gasteiger charge is 2.27. The van der Waals surface area contributed by atoms with Crippen LogP contribution in [0.25, 0.3) is 0 Å². The smallest absolute Gasteiger partial charge is 0.409 e. The second-order valence-corrected chi connectivity index (χ2v) is 17.6. The van der Waals surface area contributed by atoms with Crippen LogP contribution in [0.15, 0.2) is 121 Å². The number of carbonyl (C=O) groups is 4. The molecule has 0 saturated carbocycles. The second-order valence-electron chi connectivity index (χ2n) is 15.4. The van der Waals surface area contributed by atoms with Gasteiger partial charge in [-0.25, -0.2) is 9.59 Å². The summed E-state index contributed by atoms with van der Waals surface area (Å²) >= 11 is 3.27. The molecule has 0 bridgehead atoms. The highest BCUT2D eigenvalue weighted by Crippen LogP contribution is 2.41. The second kappa shape index (κ2) is 37.2. The first-order valence-electron chi connectivity index (χ1n) is 26.3. The van der Waals surface area contributed by atoms with Crippen molar-refractivity contribution >= 4 is 70.8 Å². The van der Waals surface area contributed by atoms with Gasteiger partial charge in [0.05, 0.1) is 24.6 Å². The third-order valence-electron chi connectivity index (χ3n) is 10.8. The number of aliphatic imine (C=N–C) groups is 2. The number of amides is 4. The van der Waals surface area contributed by atoms with Crippen LogP contribution < -0.4 is 10.6 Å². The van der Waals surface area contributed by atoms with Gasteiger partial charge < -0.3 is 29.9 Å². The summed E-state index contributed by atoms with van der Waals surface area (Å²) < 4.78 is 10.1. The summed E-state index contributed by atoms with van der Waals surface area (Å²) in [7, 11) is 0. The van der Waals surface area contributed by atoms with E-state index in [4.69, 9.17) is 14.5 Å². The van der Waals surface area contributed by atoms with Crippen molar-refractivity contribution in [2.24, 2.45) is 9.98 Å². The van der Waals surface area contributed by atoms with Crippen LogP contribution in [0.4, 0.5) is 21.0 Å². The standard InChI is InChI=1S/C23H25N3O3S.C23H27N3O3S.C4H10.4C2H6/c1-3-29-23(28)26-12-10-17(11-13-26)25-22(27)16-8-9-21-19(14-16)24-15(2)18-6-4-5-7-20(18)30-21;1-4-7-17-15-24-19-14-16(8-9-21(19)30-20(17)5-2)22(27)25-18-10-12-26(13-11-18)23(28)29-6-3;1-3-4-2;4*1-2/h4-9,14,17H,3,10-13H2,1-2H3,(H,25,27);4-5,7-9,14-15,18H,2,6,10-13H2,1,3H3,(H,25,27);3-4H2,1-2H3;4*1-2H3/b;7-4-;;;;;. The number of rotatable bonds is 9. The molecular formula is C58H86N6O6S2. The maximum atomic E-state index is 12.8. The van der Waals surface area contributed by atoms with Crippen LogP contribution in [0.2, 0.25) is 0 Å². The van der Waals surface area contributed by atoms with Crippen LogP contribution in [0.3, 0.4) is 0 Å². The topological polar surface area (TPSA) is 142 Å². The maximum Gasteiger partial charge on any atom is 0.409 e. The molecule has 3 aromatic rings. The normalized spacial score (nSPS) is 14.5. The number of hydrogen-bond acceptors (Lipinski definition) is 10. The molecule has 72 heavy (non-hydrogen) atoms. The molecule has 0 atom stereocenters. The summed E-state index contributed by atoms with van der Waals surface area (Å²) in [5, 5.41) is 6.19. The molecule has 0 spiro atoms. The molecule has 4 heterocycles. The van der Waals surface area contributed by atoms with Crippen molar-refractivity contribution in [3.8, 4) is 0 Å². The molecule has 12 nitrogen and oxygen atoms in total. The lowest BCUT2D eigenvalue weighted by Crippen LogP contribution is -2.46. The largest absolute Gasteiger partial charge is 0.450 e. The Morgan fingerprint density at radius 1 is 0.667 bits per heavy atom. The molecule has 2 fully saturated rings. The number of fused-ring (bicyclic) bond motifs is 3. The van der Waals surface area contributed by atoms with Gasteiger partial charge in [-0.1, -0.05) is 149 Å². The average molecular weight is 1030 g/mol. The van der Waals surface area contributed by atoms with Crippen LogP contribution >= 0.6 is 23.5 Å². The lowest BCUT2D eigenvalue weighted by Gasteiger charge is -2.31. The zero-order valence-electron chi connectivity index (χ0n) is 46.0. The number of ether oxygens (including phenoxy) is 2. The van der Waals surface area contributed by atoms with Gasteiger partial charge in [-0.3, -0.25) is 19.6 Å². The van der Waals surface area contributed by atoms with Crippen molar-refractivity contribution in [2.75, 3.05) is 39.4 Å². The predicted molar refractivity (Wildman–Crippen MR) is 306 cm³/mol. The molecule has 0 unspecified atom stereocenters. The van der Waals surface area contributed by atoms with Crippen LogP contribution in [-0.4, -0.2) is 97.2 Å². The van der Waals surface area contributed by atoms with E-state index in [1.54, 1.807) is 47.2 Å². The number of benzene rings is 3. The molecule has 3 aromatic carbocycles. The number of carbonyl (C=O) groups excluding carboxylic acids is 4. The van der Waals surface area contributed by atoms with Gasteiger partial charge in [-0.05, 0) is 95.8 Å². The summed E-state index contributed by atoms with van der Waals surface area (Å²) in [5.41, 5.74) is 5.83. The Labute approximate surface area is 442 Å². The third-order valence-corrected chi connectivity index (χ3v) is 13.1. The Balaban J connectivity index is 0.000000594. The van der Waals surface area contributed by atoms with Crippen molar-refractivity contribution in [3.05, 3.63) is 113 Å². The minimum Gasteiger partial charge on any atom is -0.450 e. The highest BCUT2D eigenvalue weighted by atomic mass is 32.2. The van der Waals surface area contributed by atoms with E-state index in [1.165, 1.54) is 17.7 Å². The zero-order valence-corrected chi connectivity index (χ0v) is 47.6. The molecule has 0 aromatic heterocycles. The fourth-order valence-corrected chi connectivity index (χ4v) is 9.08. The summed E-state index contributed by atoms with van der Waals surface area (Å²) in [4.78, 5) is 66.2. The highest BCUT2D eigenvalue weighted by molar-refractivity contribution is 8.03. The van der Waals surface area contributed by atoms with Crippen molar-refractivity contribution in [1.82, 2.24) is 20.4 Å². The Morgan fingerprint density at radius 2 is 1.12 bits per heavy atom. The van der Waals surface area contributed by atoms with Gasteiger partial charge in [0.1, 0.15) is 0 Å². The molecule has 2 saturated heterocycles. The van der Waals surface area contributed by atoms with E-state index in [9.17, 15) is 19.2 Å². The van der Waals surface area contributed by atoms with Gasteiger partial charge in [-0.2, -0.15) is 0 Å². The maximum absolute atomic E-state index is 12.8. The quantitative estimate of drug-likeness (QED) is 0.216. The third kappa shape index (κ3) is 20.5. The van der Waals surface area contributed by atoms with Crippen LogP contribution in [-0.2, 0) is 9.47 Å². The average Bonchev–Trinajstić information content (AvgIpc) is 3.69. The van der Waals surface area contributed by atoms with Gasteiger partial charge in [-0.15, -0.1) is 0 Å². The molecule has 0 aliphatic carbocycles. The number of unbranched alkanes of at least 4 members (excludes halogenated alkanes) is 1. The zero-order chi connectivity index (χ0) is 54.0. The molecule has 4 aliphatic heterocycles. The summed E-state index contributed by atoms with van der Waals surface area (Å²) in [5.74, 6) is -0.227. The van der Waals surface area contributed by atoms with Crippen molar-refractivity contribution in [2.45, 2.75) is 162 Å². The SMILES string of the molecule is C=CC1=C(/C=C\C)C=Nc2cc(C(=O)NC3CCN(C(=O)OCC)CC3)ccc2S1.CC.CC.CC.CC.CCCC.CCOC(=O)N1CCC(NC(=O)c2ccc3c(c2)N=C(C)c2ccccc2S3)CC1. The number of piperidine rings is 2. The first-order valence-corrected chi connectivity index (χ1v) is 27.9. The first-order chi connectivity index (χ1) is 35.0. The van der Waals surface area contributed by atoms with E-state index in [-0.39, 0.29) is 36.1 Å². The predicted octanol–water partition coefficient (Wildman–Crippen LogP) is 15.4. The molecule has 396 valence electrons. The Kier molecular flexibility index (Phi) is 33.3. The van der Waals surface area contributed by atoms with Crippen molar-refractivity contribution in [1.29, 1.82) is 0 Å². The summed E-state index contributed by atoms with van der Waals surface area (Å²) in [6, 6.07) is 19.6. The Hall–Kier alpha value is -5.60. The number of thioether (sulfide) groups is 1. The fourth-order valence-electron chi connectivity index (χ4n) is 7.12. The van der Waals surface area contributed by atoms with E-state index in [0.29, 0.717) is 63.4 Å². The monoisotopic (exact) mass is 1030 g/mol. The van der Waals surface area contributed by atoms with Gasteiger partial charge in [0.15, 0.2) is 0 Å². The minimum atomic E-state index is -0.284. The van der Waals surface area contributed by atoms with Crippen LogP contribution in [0, 0.1) is 0 Å². The van der Waals surface area contributed by atoms with Gasteiger partial charge in [0.25, 0.3) is 11.8 Å². The van der Waals surface area contributed by atoms with Gasteiger partial charge in [0, 0.05) is 92.0 Å². The van der Waals surface area contributed by atoms with E-state index >= 15 is 0 Å². The van der Waals surface area contributed by atoms with E-state index in [0.717, 1.165) is 55.8 Å². The number of likely N-dealkylation sites (tertiary alicyclic amines) is 2. The van der Waals surface area contributed by atoms with Crippen LogP contribution in [0.5, 0.6) is 0 Å². The molecule has 7 rings (SSSR count). The summed E-state index contributed by atoms with van der Waals surface area (Å²) in [6.45, 7) is 34.9. The number of nitrogens with zero attached hydrogens (tertiary/aromatic N) is 4. The van der Waals surface area contributed by atoms with Crippen LogP contribution in [0.1, 0.15) is 162 Å². The van der Waals surface area contributed by atoms with Gasteiger partial charge >= 0.3 is 12.2 Å². The summed E-state index contributed by atoms with van der Waals surface area (Å²) in [6.07, 6.45) is 12.5. The molecule has 14 heteroatoms. The van der Waals surface area contributed by atoms with Crippen molar-refractivity contribution in [3.63, 3.8) is 0 Å². The number of nitrogens with one attached hydrogen (secondary N) is 2. The minimum absolute atomic E-state index is 0.0372.